The average molecular weight is 327 g/mol. The van der Waals surface area contributed by atoms with Crippen molar-refractivity contribution in [1.82, 2.24) is 5.32 Å². The van der Waals surface area contributed by atoms with E-state index in [1.165, 1.54) is 7.11 Å². The molecule has 8 nitrogen and oxygen atoms in total. The Bertz CT molecular complexity index is 494. The second kappa shape index (κ2) is 9.78. The van der Waals surface area contributed by atoms with Gasteiger partial charge >= 0.3 is 12.1 Å². The molecular formula is C15H21NO7. The number of methoxy groups -OCH3 is 2. The number of amides is 1. The molecule has 0 spiro atoms. The van der Waals surface area contributed by atoms with E-state index in [4.69, 9.17) is 9.47 Å². The van der Waals surface area contributed by atoms with Crippen molar-refractivity contribution >= 4 is 12.1 Å². The summed E-state index contributed by atoms with van der Waals surface area (Å²) in [5.74, 6) is -1.02. The Morgan fingerprint density at radius 2 is 1.83 bits per heavy atom. The molecule has 0 aliphatic heterocycles. The van der Waals surface area contributed by atoms with E-state index in [0.717, 1.165) is 12.7 Å². The van der Waals surface area contributed by atoms with Gasteiger partial charge in [-0.3, -0.25) is 0 Å². The van der Waals surface area contributed by atoms with Crippen LogP contribution in [0, 0.1) is 0 Å². The minimum atomic E-state index is -1.81. The molecular weight excluding hydrogens is 306 g/mol. The number of aliphatic hydroxyl groups excluding tert-OH is 2. The zero-order valence-electron chi connectivity index (χ0n) is 13.0. The van der Waals surface area contributed by atoms with Crippen molar-refractivity contribution in [3.63, 3.8) is 0 Å². The van der Waals surface area contributed by atoms with E-state index in [2.05, 4.69) is 10.1 Å². The maximum Gasteiger partial charge on any atom is 0.407 e. The fourth-order valence-corrected chi connectivity index (χ4v) is 1.80. The van der Waals surface area contributed by atoms with E-state index in [-0.39, 0.29) is 13.2 Å². The molecule has 0 saturated carbocycles. The molecule has 0 heterocycles. The Balaban J connectivity index is 2.56. The summed E-state index contributed by atoms with van der Waals surface area (Å²) in [6.07, 6.45) is -4.23. The molecule has 0 saturated heterocycles. The van der Waals surface area contributed by atoms with Gasteiger partial charge in [0.25, 0.3) is 0 Å². The Morgan fingerprint density at radius 3 is 2.39 bits per heavy atom. The third kappa shape index (κ3) is 6.23. The number of hydrogen-bond donors (Lipinski definition) is 3. The number of hydrogen-bond acceptors (Lipinski definition) is 7. The van der Waals surface area contributed by atoms with Gasteiger partial charge in [0.1, 0.15) is 12.7 Å². The van der Waals surface area contributed by atoms with Gasteiger partial charge in [-0.15, -0.1) is 0 Å². The van der Waals surface area contributed by atoms with E-state index in [1.54, 1.807) is 24.3 Å². The maximum atomic E-state index is 11.8. The van der Waals surface area contributed by atoms with Crippen molar-refractivity contribution in [1.29, 1.82) is 0 Å². The summed E-state index contributed by atoms with van der Waals surface area (Å²) in [6, 6.07) is 7.98. The van der Waals surface area contributed by atoms with Crippen LogP contribution in [0.15, 0.2) is 30.3 Å². The molecule has 0 bridgehead atoms. The van der Waals surface area contributed by atoms with Gasteiger partial charge in [0, 0.05) is 7.11 Å². The van der Waals surface area contributed by atoms with Crippen molar-refractivity contribution in [2.45, 2.75) is 24.9 Å². The highest BCUT2D eigenvalue weighted by Gasteiger charge is 2.33. The van der Waals surface area contributed by atoms with Crippen molar-refractivity contribution in [2.24, 2.45) is 0 Å². The summed E-state index contributed by atoms with van der Waals surface area (Å²) in [7, 11) is 2.42. The Hall–Kier alpha value is -2.16. The number of rotatable bonds is 8. The molecule has 1 aromatic rings. The molecule has 23 heavy (non-hydrogen) atoms. The van der Waals surface area contributed by atoms with Crippen molar-refractivity contribution < 1.29 is 34.0 Å². The zero-order chi connectivity index (χ0) is 17.2. The predicted molar refractivity (Wildman–Crippen MR) is 79.5 cm³/mol. The predicted octanol–water partition coefficient (Wildman–Crippen LogP) is -0.177. The second-order valence-electron chi connectivity index (χ2n) is 4.73. The lowest BCUT2D eigenvalue weighted by atomic mass is 10.1. The molecule has 128 valence electrons. The summed E-state index contributed by atoms with van der Waals surface area (Å²) in [5.41, 5.74) is 0.793. The topological polar surface area (TPSA) is 114 Å². The lowest BCUT2D eigenvalue weighted by molar-refractivity contribution is -0.158. The molecule has 0 aliphatic rings. The molecule has 0 radical (unpaired) electrons. The van der Waals surface area contributed by atoms with Crippen LogP contribution < -0.4 is 5.32 Å². The number of nitrogens with one attached hydrogen (secondary N) is 1. The highest BCUT2D eigenvalue weighted by atomic mass is 16.6. The first-order valence-corrected chi connectivity index (χ1v) is 6.89. The minimum Gasteiger partial charge on any atom is -0.467 e. The van der Waals surface area contributed by atoms with E-state index in [9.17, 15) is 19.8 Å². The zero-order valence-corrected chi connectivity index (χ0v) is 13.0. The summed E-state index contributed by atoms with van der Waals surface area (Å²) < 4.78 is 14.2. The fraction of sp³-hybridized carbons (Fsp3) is 0.467. The molecule has 1 rings (SSSR count). The first-order chi connectivity index (χ1) is 11.0. The Labute approximate surface area is 134 Å². The minimum absolute atomic E-state index is 0.0437. The third-order valence-corrected chi connectivity index (χ3v) is 3.04. The van der Waals surface area contributed by atoms with Crippen molar-refractivity contribution in [3.05, 3.63) is 35.9 Å². The summed E-state index contributed by atoms with van der Waals surface area (Å²) in [4.78, 5) is 23.0. The average Bonchev–Trinajstić information content (AvgIpc) is 2.58. The number of alkyl carbamates (subject to hydrolysis) is 1. The van der Waals surface area contributed by atoms with E-state index in [0.29, 0.717) is 0 Å². The Morgan fingerprint density at radius 1 is 1.17 bits per heavy atom. The van der Waals surface area contributed by atoms with Gasteiger partial charge < -0.3 is 29.7 Å². The number of carbonyl (C=O) groups excluding carboxylic acids is 2. The van der Waals surface area contributed by atoms with Gasteiger partial charge in [-0.2, -0.15) is 0 Å². The first kappa shape index (κ1) is 18.9. The van der Waals surface area contributed by atoms with Gasteiger partial charge in [-0.25, -0.2) is 9.59 Å². The highest BCUT2D eigenvalue weighted by Crippen LogP contribution is 2.05. The van der Waals surface area contributed by atoms with Gasteiger partial charge in [-0.1, -0.05) is 30.3 Å². The lowest BCUT2D eigenvalue weighted by Gasteiger charge is -2.25. The molecule has 3 N–H and O–H groups in total. The smallest absolute Gasteiger partial charge is 0.407 e. The van der Waals surface area contributed by atoms with Gasteiger partial charge in [-0.05, 0) is 5.56 Å². The standard InChI is InChI=1S/C15H21NO7/c1-21-9-11(12(17)13(18)14(19)22-2)16-15(20)23-8-10-6-4-3-5-7-10/h3-7,11-13,17-18H,8-9H2,1-2H3,(H,16,20)/t11-,12+,13+/m0/s1. The highest BCUT2D eigenvalue weighted by molar-refractivity contribution is 5.75. The number of benzene rings is 1. The fourth-order valence-electron chi connectivity index (χ4n) is 1.80. The second-order valence-corrected chi connectivity index (χ2v) is 4.73. The van der Waals surface area contributed by atoms with Crippen LogP contribution in [0.2, 0.25) is 0 Å². The molecule has 1 amide bonds. The number of aliphatic hydroxyl groups is 2. The molecule has 8 heteroatoms. The van der Waals surface area contributed by atoms with Crippen LogP contribution in [-0.2, 0) is 25.6 Å². The molecule has 0 unspecified atom stereocenters. The lowest BCUT2D eigenvalue weighted by Crippen LogP contribution is -2.53. The third-order valence-electron chi connectivity index (χ3n) is 3.04. The SMILES string of the molecule is COC[C@H](NC(=O)OCc1ccccc1)[C@@H](O)[C@@H](O)C(=O)OC. The van der Waals surface area contributed by atoms with E-state index < -0.39 is 30.3 Å². The van der Waals surface area contributed by atoms with E-state index in [1.807, 2.05) is 6.07 Å². The first-order valence-electron chi connectivity index (χ1n) is 6.89. The van der Waals surface area contributed by atoms with E-state index >= 15 is 0 Å². The van der Waals surface area contributed by atoms with Crippen LogP contribution in [0.5, 0.6) is 0 Å². The Kier molecular flexibility index (Phi) is 8.03. The maximum absolute atomic E-state index is 11.8. The largest absolute Gasteiger partial charge is 0.467 e. The normalized spacial score (nSPS) is 14.4. The monoisotopic (exact) mass is 327 g/mol. The molecule has 0 aromatic heterocycles. The van der Waals surface area contributed by atoms with Crippen molar-refractivity contribution in [3.8, 4) is 0 Å². The molecule has 0 aliphatic carbocycles. The summed E-state index contributed by atoms with van der Waals surface area (Å²) in [6.45, 7) is -0.0856. The number of esters is 1. The van der Waals surface area contributed by atoms with Crippen LogP contribution in [0.25, 0.3) is 0 Å². The number of ether oxygens (including phenoxy) is 3. The molecule has 1 aromatic carbocycles. The summed E-state index contributed by atoms with van der Waals surface area (Å²) in [5, 5.41) is 21.9. The quantitative estimate of drug-likeness (QED) is 0.568. The van der Waals surface area contributed by atoms with Crippen molar-refractivity contribution in [2.75, 3.05) is 20.8 Å². The molecule has 3 atom stereocenters. The molecule has 0 fully saturated rings. The van der Waals surface area contributed by atoms with Gasteiger partial charge in [0.15, 0.2) is 6.10 Å². The van der Waals surface area contributed by atoms with Gasteiger partial charge in [0.2, 0.25) is 0 Å². The van der Waals surface area contributed by atoms with Crippen LogP contribution in [-0.4, -0.2) is 61.4 Å². The van der Waals surface area contributed by atoms with Crippen LogP contribution in [0.1, 0.15) is 5.56 Å². The van der Waals surface area contributed by atoms with Gasteiger partial charge in [0.05, 0.1) is 19.8 Å². The summed E-state index contributed by atoms with van der Waals surface area (Å²) >= 11 is 0. The van der Waals surface area contributed by atoms with Crippen LogP contribution >= 0.6 is 0 Å². The van der Waals surface area contributed by atoms with Crippen LogP contribution in [0.4, 0.5) is 4.79 Å². The number of carbonyl (C=O) groups is 2. The van der Waals surface area contributed by atoms with Crippen LogP contribution in [0.3, 0.4) is 0 Å².